The van der Waals surface area contributed by atoms with E-state index in [0.29, 0.717) is 5.75 Å². The summed E-state index contributed by atoms with van der Waals surface area (Å²) in [4.78, 5) is 26.6. The maximum Gasteiger partial charge on any atom is 0.311 e. The third kappa shape index (κ3) is 4.35. The van der Waals surface area contributed by atoms with Crippen molar-refractivity contribution >= 4 is 11.6 Å². The summed E-state index contributed by atoms with van der Waals surface area (Å²) in [7, 11) is 5.21. The molecule has 1 aliphatic rings. The summed E-state index contributed by atoms with van der Waals surface area (Å²) in [5.74, 6) is 0.359. The zero-order valence-electron chi connectivity index (χ0n) is 14.2. The molecule has 1 aromatic rings. The Morgan fingerprint density at radius 3 is 2.67 bits per heavy atom. The SMILES string of the molecule is COc1cc(OCC(=O)N(C)C2CCN(C)CC2)ccc1[N+](=O)[O-]. The van der Waals surface area contributed by atoms with Gasteiger partial charge >= 0.3 is 5.69 Å². The molecular formula is C16H23N3O5. The fourth-order valence-electron chi connectivity index (χ4n) is 2.73. The van der Waals surface area contributed by atoms with Crippen molar-refractivity contribution in [2.75, 3.05) is 40.9 Å². The second-order valence-corrected chi connectivity index (χ2v) is 5.92. The third-order valence-corrected chi connectivity index (χ3v) is 4.34. The minimum absolute atomic E-state index is 0.105. The first-order valence-electron chi connectivity index (χ1n) is 7.81. The summed E-state index contributed by atoms with van der Waals surface area (Å²) in [5.41, 5.74) is -0.139. The van der Waals surface area contributed by atoms with Crippen LogP contribution in [-0.4, -0.2) is 67.6 Å². The Balaban J connectivity index is 1.92. The lowest BCUT2D eigenvalue weighted by Gasteiger charge is -2.35. The van der Waals surface area contributed by atoms with Crippen molar-refractivity contribution in [1.29, 1.82) is 0 Å². The number of nitro groups is 1. The number of nitrogens with zero attached hydrogens (tertiary/aromatic N) is 3. The van der Waals surface area contributed by atoms with Crippen LogP contribution in [0.5, 0.6) is 11.5 Å². The number of hydrogen-bond donors (Lipinski definition) is 0. The molecule has 0 aromatic heterocycles. The molecule has 0 atom stereocenters. The predicted molar refractivity (Wildman–Crippen MR) is 88.4 cm³/mol. The molecule has 2 rings (SSSR count). The highest BCUT2D eigenvalue weighted by Gasteiger charge is 2.24. The van der Waals surface area contributed by atoms with Crippen LogP contribution in [0.3, 0.4) is 0 Å². The minimum atomic E-state index is -0.526. The summed E-state index contributed by atoms with van der Waals surface area (Å²) in [6.45, 7) is 1.84. The first-order valence-corrected chi connectivity index (χ1v) is 7.81. The fraction of sp³-hybridized carbons (Fsp3) is 0.562. The van der Waals surface area contributed by atoms with E-state index in [1.807, 2.05) is 0 Å². The average molecular weight is 337 g/mol. The molecule has 132 valence electrons. The van der Waals surface area contributed by atoms with Crippen LogP contribution >= 0.6 is 0 Å². The highest BCUT2D eigenvalue weighted by Crippen LogP contribution is 2.30. The Kier molecular flexibility index (Phi) is 5.97. The van der Waals surface area contributed by atoms with E-state index >= 15 is 0 Å². The zero-order valence-corrected chi connectivity index (χ0v) is 14.2. The van der Waals surface area contributed by atoms with Crippen molar-refractivity contribution in [2.45, 2.75) is 18.9 Å². The number of rotatable bonds is 6. The molecule has 24 heavy (non-hydrogen) atoms. The average Bonchev–Trinajstić information content (AvgIpc) is 2.59. The number of likely N-dealkylation sites (N-methyl/N-ethyl adjacent to an activating group) is 1. The van der Waals surface area contributed by atoms with Gasteiger partial charge in [0, 0.05) is 25.2 Å². The molecular weight excluding hydrogens is 314 g/mol. The van der Waals surface area contributed by atoms with Gasteiger partial charge in [-0.05, 0) is 39.0 Å². The van der Waals surface area contributed by atoms with Crippen LogP contribution in [0.15, 0.2) is 18.2 Å². The molecule has 1 aliphatic heterocycles. The second kappa shape index (κ2) is 7.96. The van der Waals surface area contributed by atoms with Crippen molar-refractivity contribution < 1.29 is 19.2 Å². The highest BCUT2D eigenvalue weighted by atomic mass is 16.6. The second-order valence-electron chi connectivity index (χ2n) is 5.92. The summed E-state index contributed by atoms with van der Waals surface area (Å²) in [6, 6.07) is 4.41. The van der Waals surface area contributed by atoms with Crippen LogP contribution in [0, 0.1) is 10.1 Å². The van der Waals surface area contributed by atoms with Crippen molar-refractivity contribution in [2.24, 2.45) is 0 Å². The van der Waals surface area contributed by atoms with Crippen LogP contribution in [0.2, 0.25) is 0 Å². The van der Waals surface area contributed by atoms with Gasteiger partial charge in [-0.15, -0.1) is 0 Å². The molecule has 1 saturated heterocycles. The van der Waals surface area contributed by atoms with Gasteiger partial charge in [0.1, 0.15) is 5.75 Å². The Morgan fingerprint density at radius 2 is 2.08 bits per heavy atom. The van der Waals surface area contributed by atoms with E-state index in [4.69, 9.17) is 9.47 Å². The van der Waals surface area contributed by atoms with Gasteiger partial charge < -0.3 is 19.3 Å². The molecule has 1 amide bonds. The largest absolute Gasteiger partial charge is 0.490 e. The Bertz CT molecular complexity index is 599. The van der Waals surface area contributed by atoms with Gasteiger partial charge in [-0.25, -0.2) is 0 Å². The Morgan fingerprint density at radius 1 is 1.42 bits per heavy atom. The Labute approximate surface area is 141 Å². The molecule has 0 N–H and O–H groups in total. The topological polar surface area (TPSA) is 85.2 Å². The summed E-state index contributed by atoms with van der Waals surface area (Å²) >= 11 is 0. The minimum Gasteiger partial charge on any atom is -0.490 e. The van der Waals surface area contributed by atoms with Crippen molar-refractivity contribution in [1.82, 2.24) is 9.80 Å². The summed E-state index contributed by atoms with van der Waals surface area (Å²) < 4.78 is 10.5. The highest BCUT2D eigenvalue weighted by molar-refractivity contribution is 5.77. The number of hydrogen-bond acceptors (Lipinski definition) is 6. The van der Waals surface area contributed by atoms with E-state index in [1.165, 1.54) is 25.3 Å². The number of likely N-dealkylation sites (tertiary alicyclic amines) is 1. The number of carbonyl (C=O) groups is 1. The van der Waals surface area contributed by atoms with Crippen LogP contribution in [-0.2, 0) is 4.79 Å². The molecule has 0 bridgehead atoms. The standard InChI is InChI=1S/C16H23N3O5/c1-17-8-6-12(7-9-17)18(2)16(20)11-24-13-4-5-14(19(21)22)15(10-13)23-3/h4-5,10,12H,6-9,11H2,1-3H3. The van der Waals surface area contributed by atoms with Crippen LogP contribution in [0.4, 0.5) is 5.69 Å². The summed E-state index contributed by atoms with van der Waals surface area (Å²) in [5, 5.41) is 10.9. The molecule has 0 unspecified atom stereocenters. The Hall–Kier alpha value is -2.35. The van der Waals surface area contributed by atoms with Crippen molar-refractivity contribution in [3.05, 3.63) is 28.3 Å². The van der Waals surface area contributed by atoms with E-state index < -0.39 is 4.92 Å². The number of benzene rings is 1. The van der Waals surface area contributed by atoms with Gasteiger partial charge in [-0.3, -0.25) is 14.9 Å². The smallest absolute Gasteiger partial charge is 0.311 e. The fourth-order valence-corrected chi connectivity index (χ4v) is 2.73. The molecule has 0 spiro atoms. The lowest BCUT2D eigenvalue weighted by Crippen LogP contribution is -2.45. The molecule has 1 fully saturated rings. The number of ether oxygens (including phenoxy) is 2. The molecule has 0 saturated carbocycles. The van der Waals surface area contributed by atoms with Gasteiger partial charge in [0.2, 0.25) is 5.75 Å². The van der Waals surface area contributed by atoms with Crippen molar-refractivity contribution in [3.63, 3.8) is 0 Å². The van der Waals surface area contributed by atoms with Gasteiger partial charge in [-0.2, -0.15) is 0 Å². The molecule has 8 heteroatoms. The molecule has 1 aromatic carbocycles. The number of methoxy groups -OCH3 is 1. The number of amides is 1. The lowest BCUT2D eigenvalue weighted by atomic mass is 10.0. The quantitative estimate of drug-likeness (QED) is 0.578. The number of carbonyl (C=O) groups excluding carboxylic acids is 1. The van der Waals surface area contributed by atoms with E-state index in [-0.39, 0.29) is 30.0 Å². The molecule has 0 radical (unpaired) electrons. The van der Waals surface area contributed by atoms with Gasteiger partial charge in [-0.1, -0.05) is 0 Å². The third-order valence-electron chi connectivity index (χ3n) is 4.34. The van der Waals surface area contributed by atoms with Crippen LogP contribution in [0.1, 0.15) is 12.8 Å². The normalized spacial score (nSPS) is 15.8. The lowest BCUT2D eigenvalue weighted by molar-refractivity contribution is -0.385. The first-order chi connectivity index (χ1) is 11.4. The van der Waals surface area contributed by atoms with E-state index in [0.717, 1.165) is 25.9 Å². The first kappa shape index (κ1) is 18.0. The summed E-state index contributed by atoms with van der Waals surface area (Å²) in [6.07, 6.45) is 1.90. The van der Waals surface area contributed by atoms with Crippen molar-refractivity contribution in [3.8, 4) is 11.5 Å². The van der Waals surface area contributed by atoms with Crippen LogP contribution in [0.25, 0.3) is 0 Å². The van der Waals surface area contributed by atoms with Crippen LogP contribution < -0.4 is 9.47 Å². The van der Waals surface area contributed by atoms with E-state index in [1.54, 1.807) is 11.9 Å². The maximum absolute atomic E-state index is 12.3. The van der Waals surface area contributed by atoms with Gasteiger partial charge in [0.15, 0.2) is 6.61 Å². The van der Waals surface area contributed by atoms with E-state index in [2.05, 4.69) is 11.9 Å². The van der Waals surface area contributed by atoms with E-state index in [9.17, 15) is 14.9 Å². The monoisotopic (exact) mass is 337 g/mol. The maximum atomic E-state index is 12.3. The van der Waals surface area contributed by atoms with Gasteiger partial charge in [0.25, 0.3) is 5.91 Å². The predicted octanol–water partition coefficient (Wildman–Crippen LogP) is 1.53. The zero-order chi connectivity index (χ0) is 17.7. The van der Waals surface area contributed by atoms with Gasteiger partial charge in [0.05, 0.1) is 12.0 Å². The number of piperidine rings is 1. The molecule has 0 aliphatic carbocycles. The number of nitro benzene ring substituents is 1. The molecule has 1 heterocycles. The molecule has 8 nitrogen and oxygen atoms in total.